The zero-order chi connectivity index (χ0) is 12.8. The summed E-state index contributed by atoms with van der Waals surface area (Å²) in [6.07, 6.45) is 1.29. The molecule has 0 aromatic rings. The second-order valence-electron chi connectivity index (χ2n) is 4.35. The van der Waals surface area contributed by atoms with E-state index in [4.69, 9.17) is 14.2 Å². The van der Waals surface area contributed by atoms with Crippen LogP contribution in [-0.2, 0) is 19.0 Å². The molecule has 100 valence electrons. The van der Waals surface area contributed by atoms with Crippen LogP contribution in [0, 0.1) is 5.92 Å². The van der Waals surface area contributed by atoms with Gasteiger partial charge in [0, 0.05) is 20.8 Å². The molecule has 0 radical (unpaired) electrons. The lowest BCUT2D eigenvalue weighted by Crippen LogP contribution is -2.46. The zero-order valence-electron chi connectivity index (χ0n) is 11.1. The summed E-state index contributed by atoms with van der Waals surface area (Å²) in [6.45, 7) is 4.57. The molecule has 1 N–H and O–H groups in total. The summed E-state index contributed by atoms with van der Waals surface area (Å²) in [6, 6.07) is -0.171. The maximum absolute atomic E-state index is 12.1. The first-order valence-electron chi connectivity index (χ1n) is 6.11. The number of hydrogen-bond donors (Lipinski definition) is 1. The lowest BCUT2D eigenvalue weighted by Gasteiger charge is -2.24. The minimum absolute atomic E-state index is 0.0287. The third kappa shape index (κ3) is 3.66. The van der Waals surface area contributed by atoms with Crippen LogP contribution in [0.2, 0.25) is 0 Å². The smallest absolute Gasteiger partial charge is 0.226 e. The fraction of sp³-hybridized carbons (Fsp3) is 0.917. The van der Waals surface area contributed by atoms with Crippen LogP contribution in [0.15, 0.2) is 0 Å². The largest absolute Gasteiger partial charge is 0.377 e. The van der Waals surface area contributed by atoms with Crippen LogP contribution in [0.5, 0.6) is 0 Å². The second kappa shape index (κ2) is 6.93. The van der Waals surface area contributed by atoms with Gasteiger partial charge in [-0.3, -0.25) is 4.79 Å². The van der Waals surface area contributed by atoms with Gasteiger partial charge in [0.1, 0.15) is 0 Å². The normalized spacial score (nSPS) is 26.2. The summed E-state index contributed by atoms with van der Waals surface area (Å²) < 4.78 is 15.7. The molecule has 1 heterocycles. The molecule has 5 heteroatoms. The molecule has 5 nitrogen and oxygen atoms in total. The first-order chi connectivity index (χ1) is 8.13. The van der Waals surface area contributed by atoms with Gasteiger partial charge in [0.2, 0.25) is 5.91 Å². The Bertz CT molecular complexity index is 243. The van der Waals surface area contributed by atoms with Gasteiger partial charge in [0.05, 0.1) is 18.1 Å². The molecule has 1 rings (SSSR count). The van der Waals surface area contributed by atoms with Crippen molar-refractivity contribution in [3.8, 4) is 0 Å². The summed E-state index contributed by atoms with van der Waals surface area (Å²) >= 11 is 0. The van der Waals surface area contributed by atoms with Crippen molar-refractivity contribution >= 4 is 5.91 Å². The van der Waals surface area contributed by atoms with E-state index in [0.29, 0.717) is 6.61 Å². The average Bonchev–Trinajstić information content (AvgIpc) is 2.78. The van der Waals surface area contributed by atoms with E-state index in [9.17, 15) is 4.79 Å². The Hall–Kier alpha value is -0.650. The van der Waals surface area contributed by atoms with Crippen LogP contribution in [0.1, 0.15) is 26.7 Å². The molecule has 1 amide bonds. The molecular formula is C12H23NO4. The van der Waals surface area contributed by atoms with Crippen LogP contribution in [-0.4, -0.2) is 45.2 Å². The van der Waals surface area contributed by atoms with Crippen LogP contribution in [0.4, 0.5) is 0 Å². The first-order valence-corrected chi connectivity index (χ1v) is 6.11. The number of amides is 1. The van der Waals surface area contributed by atoms with Gasteiger partial charge >= 0.3 is 0 Å². The van der Waals surface area contributed by atoms with E-state index in [1.165, 1.54) is 0 Å². The minimum Gasteiger partial charge on any atom is -0.377 e. The molecule has 1 aliphatic heterocycles. The molecule has 3 atom stereocenters. The fourth-order valence-corrected chi connectivity index (χ4v) is 2.25. The van der Waals surface area contributed by atoms with Crippen molar-refractivity contribution in [2.45, 2.75) is 45.1 Å². The topological polar surface area (TPSA) is 56.8 Å². The highest BCUT2D eigenvalue weighted by atomic mass is 16.7. The third-order valence-corrected chi connectivity index (χ3v) is 3.19. The Morgan fingerprint density at radius 2 is 2.12 bits per heavy atom. The summed E-state index contributed by atoms with van der Waals surface area (Å²) in [5.41, 5.74) is 0. The molecular weight excluding hydrogens is 222 g/mol. The highest BCUT2D eigenvalue weighted by Crippen LogP contribution is 2.23. The molecule has 3 unspecified atom stereocenters. The summed E-state index contributed by atoms with van der Waals surface area (Å²) in [4.78, 5) is 12.1. The van der Waals surface area contributed by atoms with E-state index < -0.39 is 6.29 Å². The second-order valence-corrected chi connectivity index (χ2v) is 4.35. The summed E-state index contributed by atoms with van der Waals surface area (Å²) in [5.74, 6) is -0.0160. The SMILES string of the molecule is CCC1OCCC1C(=O)NC(C)C(OC)OC. The van der Waals surface area contributed by atoms with E-state index in [1.54, 1.807) is 14.2 Å². The van der Waals surface area contributed by atoms with Gasteiger partial charge in [0.25, 0.3) is 0 Å². The lowest BCUT2D eigenvalue weighted by atomic mass is 9.98. The third-order valence-electron chi connectivity index (χ3n) is 3.19. The van der Waals surface area contributed by atoms with Crippen molar-refractivity contribution in [1.82, 2.24) is 5.32 Å². The van der Waals surface area contributed by atoms with Crippen molar-refractivity contribution in [3.05, 3.63) is 0 Å². The maximum atomic E-state index is 12.1. The van der Waals surface area contributed by atoms with Crippen LogP contribution in [0.3, 0.4) is 0 Å². The van der Waals surface area contributed by atoms with Gasteiger partial charge in [-0.1, -0.05) is 6.92 Å². The minimum atomic E-state index is -0.415. The quantitative estimate of drug-likeness (QED) is 0.707. The van der Waals surface area contributed by atoms with E-state index in [0.717, 1.165) is 12.8 Å². The van der Waals surface area contributed by atoms with Crippen LogP contribution in [0.25, 0.3) is 0 Å². The van der Waals surface area contributed by atoms with Crippen molar-refractivity contribution in [2.24, 2.45) is 5.92 Å². The Morgan fingerprint density at radius 1 is 1.47 bits per heavy atom. The molecule has 1 saturated heterocycles. The monoisotopic (exact) mass is 245 g/mol. The van der Waals surface area contributed by atoms with Gasteiger partial charge in [-0.05, 0) is 19.8 Å². The predicted molar refractivity (Wildman–Crippen MR) is 63.5 cm³/mol. The molecule has 1 aliphatic rings. The Balaban J connectivity index is 2.48. The Labute approximate surface area is 103 Å². The van der Waals surface area contributed by atoms with E-state index in [-0.39, 0.29) is 24.0 Å². The number of carbonyl (C=O) groups excluding carboxylic acids is 1. The summed E-state index contributed by atoms with van der Waals surface area (Å²) in [7, 11) is 3.12. The molecule has 0 spiro atoms. The van der Waals surface area contributed by atoms with Crippen LogP contribution >= 0.6 is 0 Å². The van der Waals surface area contributed by atoms with E-state index in [1.807, 2.05) is 13.8 Å². The number of methoxy groups -OCH3 is 2. The molecule has 17 heavy (non-hydrogen) atoms. The van der Waals surface area contributed by atoms with Gasteiger partial charge in [0.15, 0.2) is 6.29 Å². The molecule has 0 aromatic heterocycles. The van der Waals surface area contributed by atoms with E-state index in [2.05, 4.69) is 5.32 Å². The van der Waals surface area contributed by atoms with Crippen molar-refractivity contribution in [3.63, 3.8) is 0 Å². The number of hydrogen-bond acceptors (Lipinski definition) is 4. The number of nitrogens with one attached hydrogen (secondary N) is 1. The molecule has 0 saturated carbocycles. The molecule has 0 bridgehead atoms. The number of rotatable bonds is 6. The van der Waals surface area contributed by atoms with E-state index >= 15 is 0 Å². The molecule has 0 aliphatic carbocycles. The van der Waals surface area contributed by atoms with Crippen molar-refractivity contribution < 1.29 is 19.0 Å². The fourth-order valence-electron chi connectivity index (χ4n) is 2.25. The molecule has 0 aromatic carbocycles. The van der Waals surface area contributed by atoms with Gasteiger partial charge in [-0.25, -0.2) is 0 Å². The first kappa shape index (κ1) is 14.4. The Morgan fingerprint density at radius 3 is 2.65 bits per heavy atom. The highest BCUT2D eigenvalue weighted by Gasteiger charge is 2.34. The number of carbonyl (C=O) groups is 1. The predicted octanol–water partition coefficient (Wildman–Crippen LogP) is 0.925. The van der Waals surface area contributed by atoms with Crippen molar-refractivity contribution in [2.75, 3.05) is 20.8 Å². The summed E-state index contributed by atoms with van der Waals surface area (Å²) in [5, 5.41) is 2.92. The Kier molecular flexibility index (Phi) is 5.88. The lowest BCUT2D eigenvalue weighted by molar-refractivity contribution is -0.139. The average molecular weight is 245 g/mol. The maximum Gasteiger partial charge on any atom is 0.226 e. The van der Waals surface area contributed by atoms with Gasteiger partial charge in [-0.2, -0.15) is 0 Å². The number of ether oxygens (including phenoxy) is 3. The highest BCUT2D eigenvalue weighted by molar-refractivity contribution is 5.79. The van der Waals surface area contributed by atoms with Crippen LogP contribution < -0.4 is 5.32 Å². The standard InChI is InChI=1S/C12H23NO4/c1-5-10-9(6-7-17-10)11(14)13-8(2)12(15-3)16-4/h8-10,12H,5-7H2,1-4H3,(H,13,14). The van der Waals surface area contributed by atoms with Gasteiger partial charge < -0.3 is 19.5 Å². The zero-order valence-corrected chi connectivity index (χ0v) is 11.1. The van der Waals surface area contributed by atoms with Gasteiger partial charge in [-0.15, -0.1) is 0 Å². The van der Waals surface area contributed by atoms with Crippen molar-refractivity contribution in [1.29, 1.82) is 0 Å². The molecule has 1 fully saturated rings.